The Bertz CT molecular complexity index is 907. The number of aromatic nitrogens is 2. The van der Waals surface area contributed by atoms with Gasteiger partial charge in [0.15, 0.2) is 0 Å². The molecule has 34 heavy (non-hydrogen) atoms. The predicted octanol–water partition coefficient (Wildman–Crippen LogP) is 6.39. The molecular weight excluding hydrogens is 422 g/mol. The molecule has 0 N–H and O–H groups in total. The quantitative estimate of drug-likeness (QED) is 0.486. The largest absolute Gasteiger partial charge is 0.379 e. The SMILES string of the molecule is CO[C@@H](C[C@H]1CC[C@H]2[C@@H]3CC[C@@H]4C[C@](C)(OC)CC[C@@H]4[C@H]3CC[C@]12C)[C@H](C)n1cc(C#N)cn1. The van der Waals surface area contributed by atoms with Crippen molar-refractivity contribution < 1.29 is 9.47 Å². The van der Waals surface area contributed by atoms with Gasteiger partial charge in [-0.3, -0.25) is 4.68 Å². The summed E-state index contributed by atoms with van der Waals surface area (Å²) in [5.74, 6) is 5.30. The minimum Gasteiger partial charge on any atom is -0.379 e. The van der Waals surface area contributed by atoms with Crippen LogP contribution in [0.3, 0.4) is 0 Å². The Kier molecular flexibility index (Phi) is 6.61. The van der Waals surface area contributed by atoms with Gasteiger partial charge in [-0.1, -0.05) is 6.92 Å². The molecule has 4 saturated carbocycles. The lowest BCUT2D eigenvalue weighted by atomic mass is 9.49. The Labute approximate surface area is 206 Å². The molecule has 0 aromatic carbocycles. The minimum absolute atomic E-state index is 0.115. The third kappa shape index (κ3) is 4.03. The molecular formula is C29H45N3O2. The molecule has 4 aliphatic carbocycles. The second kappa shape index (κ2) is 9.25. The lowest BCUT2D eigenvalue weighted by Crippen LogP contribution is -2.51. The van der Waals surface area contributed by atoms with E-state index in [1.807, 2.05) is 25.1 Å². The molecule has 4 aliphatic rings. The molecule has 5 nitrogen and oxygen atoms in total. The predicted molar refractivity (Wildman–Crippen MR) is 133 cm³/mol. The van der Waals surface area contributed by atoms with Crippen molar-refractivity contribution in [1.82, 2.24) is 9.78 Å². The van der Waals surface area contributed by atoms with Crippen LogP contribution in [-0.2, 0) is 9.47 Å². The van der Waals surface area contributed by atoms with Crippen LogP contribution in [0.15, 0.2) is 12.4 Å². The van der Waals surface area contributed by atoms with E-state index in [1.165, 1.54) is 57.8 Å². The van der Waals surface area contributed by atoms with Crippen molar-refractivity contribution >= 4 is 0 Å². The van der Waals surface area contributed by atoms with Gasteiger partial charge in [-0.15, -0.1) is 0 Å². The van der Waals surface area contributed by atoms with E-state index in [1.54, 1.807) is 6.20 Å². The van der Waals surface area contributed by atoms with E-state index < -0.39 is 0 Å². The third-order valence-corrected chi connectivity index (χ3v) is 11.4. The van der Waals surface area contributed by atoms with Crippen LogP contribution in [0.1, 0.15) is 96.6 Å². The van der Waals surface area contributed by atoms with Crippen LogP contribution in [0.2, 0.25) is 0 Å². The normalized spacial score (nSPS) is 43.3. The standard InChI is InChI=1S/C29H45N3O2/c1-19(32-18-20(16-30)17-31-32)27(33-4)14-22-7-9-26-25-8-6-21-15-28(2,34-5)12-10-23(21)24(25)11-13-29(22,26)3/h17-19,21-27H,6-15H2,1-5H3/t19-,21+,22+,23-,24+,25+,26-,27-,28+,29+/m0/s1. The molecule has 0 amide bonds. The van der Waals surface area contributed by atoms with Gasteiger partial charge < -0.3 is 9.47 Å². The van der Waals surface area contributed by atoms with Crippen LogP contribution in [0.4, 0.5) is 0 Å². The van der Waals surface area contributed by atoms with Crippen molar-refractivity contribution in [3.05, 3.63) is 18.0 Å². The highest BCUT2D eigenvalue weighted by Gasteiger charge is 2.57. The van der Waals surface area contributed by atoms with E-state index in [2.05, 4.69) is 31.9 Å². The van der Waals surface area contributed by atoms with Crippen LogP contribution in [0, 0.1) is 52.3 Å². The Hall–Kier alpha value is -1.38. The molecule has 1 heterocycles. The van der Waals surface area contributed by atoms with Crippen LogP contribution < -0.4 is 0 Å². The summed E-state index contributed by atoms with van der Waals surface area (Å²) in [7, 11) is 3.76. The fourth-order valence-electron chi connectivity index (χ4n) is 9.31. The van der Waals surface area contributed by atoms with Gasteiger partial charge in [0.2, 0.25) is 0 Å². The maximum atomic E-state index is 9.19. The summed E-state index contributed by atoms with van der Waals surface area (Å²) >= 11 is 0. The highest BCUT2D eigenvalue weighted by molar-refractivity contribution is 5.22. The summed E-state index contributed by atoms with van der Waals surface area (Å²) in [5, 5.41) is 13.6. The summed E-state index contributed by atoms with van der Waals surface area (Å²) in [6, 6.07) is 2.34. The average Bonchev–Trinajstić information content (AvgIpc) is 3.46. The minimum atomic E-state index is 0.115. The highest BCUT2D eigenvalue weighted by Crippen LogP contribution is 2.65. The molecule has 1 aromatic heterocycles. The number of ether oxygens (including phenoxy) is 2. The van der Waals surface area contributed by atoms with Crippen LogP contribution in [-0.4, -0.2) is 35.7 Å². The summed E-state index contributed by atoms with van der Waals surface area (Å²) in [6.45, 7) is 7.15. The Morgan fingerprint density at radius 1 is 1.09 bits per heavy atom. The molecule has 0 aliphatic heterocycles. The van der Waals surface area contributed by atoms with Crippen molar-refractivity contribution in [2.75, 3.05) is 14.2 Å². The highest BCUT2D eigenvalue weighted by atomic mass is 16.5. The molecule has 5 heteroatoms. The number of nitrogens with zero attached hydrogens (tertiary/aromatic N) is 3. The molecule has 0 radical (unpaired) electrons. The molecule has 188 valence electrons. The molecule has 0 unspecified atom stereocenters. The zero-order valence-corrected chi connectivity index (χ0v) is 22.0. The Morgan fingerprint density at radius 3 is 2.59 bits per heavy atom. The van der Waals surface area contributed by atoms with Gasteiger partial charge >= 0.3 is 0 Å². The summed E-state index contributed by atoms with van der Waals surface area (Å²) < 4.78 is 13.9. The topological polar surface area (TPSA) is 60.1 Å². The van der Waals surface area contributed by atoms with Gasteiger partial charge in [0.1, 0.15) is 6.07 Å². The molecule has 1 aromatic rings. The zero-order valence-electron chi connectivity index (χ0n) is 22.0. The summed E-state index contributed by atoms with van der Waals surface area (Å²) in [4.78, 5) is 0. The Morgan fingerprint density at radius 2 is 1.88 bits per heavy atom. The van der Waals surface area contributed by atoms with Crippen molar-refractivity contribution in [2.45, 2.75) is 103 Å². The maximum Gasteiger partial charge on any atom is 0.102 e. The fraction of sp³-hybridized carbons (Fsp3) is 0.862. The number of hydrogen-bond donors (Lipinski definition) is 0. The number of hydrogen-bond acceptors (Lipinski definition) is 4. The van der Waals surface area contributed by atoms with Gasteiger partial charge in [-0.2, -0.15) is 10.4 Å². The van der Waals surface area contributed by atoms with Gasteiger partial charge in [-0.25, -0.2) is 0 Å². The van der Waals surface area contributed by atoms with Crippen molar-refractivity contribution in [2.24, 2.45) is 40.9 Å². The zero-order chi connectivity index (χ0) is 24.1. The first-order chi connectivity index (χ1) is 16.3. The van der Waals surface area contributed by atoms with E-state index in [9.17, 15) is 5.26 Å². The molecule has 0 saturated heterocycles. The van der Waals surface area contributed by atoms with E-state index in [4.69, 9.17) is 9.47 Å². The van der Waals surface area contributed by atoms with Crippen LogP contribution in [0.25, 0.3) is 0 Å². The van der Waals surface area contributed by atoms with E-state index in [0.29, 0.717) is 11.0 Å². The van der Waals surface area contributed by atoms with Crippen LogP contribution in [0.5, 0.6) is 0 Å². The number of rotatable bonds is 6. The molecule has 5 rings (SSSR count). The second-order valence-electron chi connectivity index (χ2n) is 12.7. The van der Waals surface area contributed by atoms with E-state index >= 15 is 0 Å². The van der Waals surface area contributed by atoms with Crippen molar-refractivity contribution in [3.63, 3.8) is 0 Å². The molecule has 0 bridgehead atoms. The first-order valence-electron chi connectivity index (χ1n) is 13.8. The van der Waals surface area contributed by atoms with Crippen LogP contribution >= 0.6 is 0 Å². The van der Waals surface area contributed by atoms with Crippen molar-refractivity contribution in [1.29, 1.82) is 5.26 Å². The van der Waals surface area contributed by atoms with Crippen molar-refractivity contribution in [3.8, 4) is 6.07 Å². The van der Waals surface area contributed by atoms with E-state index in [0.717, 1.165) is 41.9 Å². The summed E-state index contributed by atoms with van der Waals surface area (Å²) in [5.41, 5.74) is 1.18. The third-order valence-electron chi connectivity index (χ3n) is 11.4. The Balaban J connectivity index is 1.27. The van der Waals surface area contributed by atoms with Gasteiger partial charge in [0, 0.05) is 20.4 Å². The lowest BCUT2D eigenvalue weighted by molar-refractivity contribution is -0.114. The lowest BCUT2D eigenvalue weighted by Gasteiger charge is -2.57. The first-order valence-corrected chi connectivity index (χ1v) is 13.8. The number of nitriles is 1. The maximum absolute atomic E-state index is 9.19. The average molecular weight is 468 g/mol. The van der Waals surface area contributed by atoms with Gasteiger partial charge in [0.05, 0.1) is 29.5 Å². The fourth-order valence-corrected chi connectivity index (χ4v) is 9.31. The second-order valence-corrected chi connectivity index (χ2v) is 12.7. The first kappa shape index (κ1) is 24.3. The van der Waals surface area contributed by atoms with Gasteiger partial charge in [-0.05, 0) is 119 Å². The smallest absolute Gasteiger partial charge is 0.102 e. The number of methoxy groups -OCH3 is 2. The summed E-state index contributed by atoms with van der Waals surface area (Å²) in [6.07, 6.45) is 17.1. The molecule has 4 fully saturated rings. The monoisotopic (exact) mass is 467 g/mol. The molecule has 0 spiro atoms. The number of fused-ring (bicyclic) bond motifs is 5. The van der Waals surface area contributed by atoms with E-state index in [-0.39, 0.29) is 17.7 Å². The molecule has 10 atom stereocenters. The van der Waals surface area contributed by atoms with Gasteiger partial charge in [0.25, 0.3) is 0 Å².